The summed E-state index contributed by atoms with van der Waals surface area (Å²) in [5, 5.41) is 0. The van der Waals surface area contributed by atoms with Crippen LogP contribution in [-0.2, 0) is 15.1 Å². The Morgan fingerprint density at radius 3 is 1.90 bits per heavy atom. The SMILES string of the molecule is CCOC1(C)CCC(c2ccccc2)(c2ccccc2)O1. The minimum absolute atomic E-state index is 0.410. The predicted octanol–water partition coefficient (Wildman–Crippen LogP) is 4.49. The van der Waals surface area contributed by atoms with E-state index in [1.807, 2.05) is 26.0 Å². The molecule has 1 fully saturated rings. The molecular formula is C19H22O2. The second-order valence-corrected chi connectivity index (χ2v) is 5.73. The van der Waals surface area contributed by atoms with Gasteiger partial charge in [0.2, 0.25) is 0 Å². The van der Waals surface area contributed by atoms with Crippen LogP contribution >= 0.6 is 0 Å². The van der Waals surface area contributed by atoms with Gasteiger partial charge in [0.25, 0.3) is 0 Å². The molecule has 2 nitrogen and oxygen atoms in total. The summed E-state index contributed by atoms with van der Waals surface area (Å²) in [6, 6.07) is 20.9. The van der Waals surface area contributed by atoms with Crippen LogP contribution in [0.5, 0.6) is 0 Å². The third kappa shape index (κ3) is 2.61. The van der Waals surface area contributed by atoms with Crippen LogP contribution < -0.4 is 0 Å². The van der Waals surface area contributed by atoms with Gasteiger partial charge in [-0.05, 0) is 31.4 Å². The molecule has 1 aliphatic heterocycles. The van der Waals surface area contributed by atoms with Crippen molar-refractivity contribution in [3.05, 3.63) is 71.8 Å². The summed E-state index contributed by atoms with van der Waals surface area (Å²) in [7, 11) is 0. The summed E-state index contributed by atoms with van der Waals surface area (Å²) in [6.45, 7) is 4.72. The van der Waals surface area contributed by atoms with E-state index in [1.165, 1.54) is 11.1 Å². The zero-order valence-electron chi connectivity index (χ0n) is 12.7. The first kappa shape index (κ1) is 14.3. The van der Waals surface area contributed by atoms with Crippen molar-refractivity contribution in [2.24, 2.45) is 0 Å². The number of hydrogen-bond donors (Lipinski definition) is 0. The quantitative estimate of drug-likeness (QED) is 0.822. The second kappa shape index (κ2) is 5.63. The molecule has 21 heavy (non-hydrogen) atoms. The van der Waals surface area contributed by atoms with Gasteiger partial charge in [0, 0.05) is 13.0 Å². The van der Waals surface area contributed by atoms with E-state index < -0.39 is 11.4 Å². The van der Waals surface area contributed by atoms with Crippen molar-refractivity contribution in [3.63, 3.8) is 0 Å². The molecule has 0 radical (unpaired) electrons. The molecule has 2 aromatic rings. The van der Waals surface area contributed by atoms with Gasteiger partial charge in [-0.25, -0.2) is 0 Å². The van der Waals surface area contributed by atoms with Gasteiger partial charge in [0.1, 0.15) is 5.60 Å². The molecule has 0 saturated carbocycles. The van der Waals surface area contributed by atoms with Crippen molar-refractivity contribution in [1.29, 1.82) is 0 Å². The van der Waals surface area contributed by atoms with Crippen LogP contribution in [0.2, 0.25) is 0 Å². The van der Waals surface area contributed by atoms with Crippen molar-refractivity contribution >= 4 is 0 Å². The largest absolute Gasteiger partial charge is 0.350 e. The summed E-state index contributed by atoms with van der Waals surface area (Å²) in [6.07, 6.45) is 1.82. The maximum atomic E-state index is 6.53. The fourth-order valence-electron chi connectivity index (χ4n) is 3.27. The number of hydrogen-bond acceptors (Lipinski definition) is 2. The first-order valence-electron chi connectivity index (χ1n) is 7.64. The number of rotatable bonds is 4. The zero-order valence-corrected chi connectivity index (χ0v) is 12.7. The van der Waals surface area contributed by atoms with E-state index in [2.05, 4.69) is 48.5 Å². The lowest BCUT2D eigenvalue weighted by atomic mass is 9.84. The standard InChI is InChI=1S/C19H22O2/c1-3-20-18(2)14-15-19(21-18,16-10-6-4-7-11-16)17-12-8-5-9-13-17/h4-13H,3,14-15H2,1-2H3. The Labute approximate surface area is 126 Å². The van der Waals surface area contributed by atoms with Crippen molar-refractivity contribution in [2.75, 3.05) is 6.61 Å². The van der Waals surface area contributed by atoms with Crippen molar-refractivity contribution < 1.29 is 9.47 Å². The summed E-state index contributed by atoms with van der Waals surface area (Å²) in [4.78, 5) is 0. The average Bonchev–Trinajstić information content (AvgIpc) is 2.89. The fourth-order valence-corrected chi connectivity index (χ4v) is 3.27. The Morgan fingerprint density at radius 2 is 1.43 bits per heavy atom. The first-order valence-corrected chi connectivity index (χ1v) is 7.64. The summed E-state index contributed by atoms with van der Waals surface area (Å²) in [5.41, 5.74) is 1.98. The monoisotopic (exact) mass is 282 g/mol. The van der Waals surface area contributed by atoms with Crippen LogP contribution in [0, 0.1) is 0 Å². The fraction of sp³-hybridized carbons (Fsp3) is 0.368. The highest BCUT2D eigenvalue weighted by molar-refractivity contribution is 5.37. The van der Waals surface area contributed by atoms with Crippen LogP contribution in [0.15, 0.2) is 60.7 Å². The van der Waals surface area contributed by atoms with Crippen molar-refractivity contribution in [1.82, 2.24) is 0 Å². The smallest absolute Gasteiger partial charge is 0.167 e. The highest BCUT2D eigenvalue weighted by Crippen LogP contribution is 2.49. The van der Waals surface area contributed by atoms with Crippen LogP contribution in [0.25, 0.3) is 0 Å². The molecule has 110 valence electrons. The van der Waals surface area contributed by atoms with Gasteiger partial charge in [-0.2, -0.15) is 0 Å². The third-order valence-corrected chi connectivity index (χ3v) is 4.25. The van der Waals surface area contributed by atoms with Crippen LogP contribution in [-0.4, -0.2) is 12.4 Å². The molecule has 0 N–H and O–H groups in total. The molecule has 3 rings (SSSR count). The van der Waals surface area contributed by atoms with E-state index >= 15 is 0 Å². The molecular weight excluding hydrogens is 260 g/mol. The highest BCUT2D eigenvalue weighted by atomic mass is 16.7. The molecule has 1 aliphatic rings. The van der Waals surface area contributed by atoms with E-state index in [4.69, 9.17) is 9.47 Å². The van der Waals surface area contributed by atoms with Crippen LogP contribution in [0.3, 0.4) is 0 Å². The Balaban J connectivity index is 2.06. The van der Waals surface area contributed by atoms with E-state index in [-0.39, 0.29) is 0 Å². The van der Waals surface area contributed by atoms with Gasteiger partial charge < -0.3 is 9.47 Å². The van der Waals surface area contributed by atoms with Crippen molar-refractivity contribution in [3.8, 4) is 0 Å². The molecule has 1 unspecified atom stereocenters. The molecule has 0 spiro atoms. The van der Waals surface area contributed by atoms with Gasteiger partial charge >= 0.3 is 0 Å². The van der Waals surface area contributed by atoms with E-state index in [0.29, 0.717) is 6.61 Å². The molecule has 1 atom stereocenters. The number of ether oxygens (including phenoxy) is 2. The highest BCUT2D eigenvalue weighted by Gasteiger charge is 2.49. The van der Waals surface area contributed by atoms with E-state index in [9.17, 15) is 0 Å². The van der Waals surface area contributed by atoms with E-state index in [0.717, 1.165) is 12.8 Å². The summed E-state index contributed by atoms with van der Waals surface area (Å²) in [5.74, 6) is -0.513. The molecule has 0 aliphatic carbocycles. The molecule has 0 aromatic heterocycles. The van der Waals surface area contributed by atoms with Crippen molar-refractivity contribution in [2.45, 2.75) is 38.1 Å². The van der Waals surface area contributed by atoms with Crippen LogP contribution in [0.1, 0.15) is 37.8 Å². The average molecular weight is 282 g/mol. The minimum Gasteiger partial charge on any atom is -0.350 e. The Kier molecular flexibility index (Phi) is 3.83. The van der Waals surface area contributed by atoms with Gasteiger partial charge in [-0.3, -0.25) is 0 Å². The summed E-state index contributed by atoms with van der Waals surface area (Å²) >= 11 is 0. The predicted molar refractivity (Wildman–Crippen MR) is 84.0 cm³/mol. The molecule has 0 amide bonds. The van der Waals surface area contributed by atoms with E-state index in [1.54, 1.807) is 0 Å². The Morgan fingerprint density at radius 1 is 0.905 bits per heavy atom. The lowest BCUT2D eigenvalue weighted by Gasteiger charge is -2.34. The third-order valence-electron chi connectivity index (χ3n) is 4.25. The molecule has 2 aromatic carbocycles. The topological polar surface area (TPSA) is 18.5 Å². The van der Waals surface area contributed by atoms with Gasteiger partial charge in [0.05, 0.1) is 0 Å². The Hall–Kier alpha value is -1.64. The summed E-state index contributed by atoms with van der Waals surface area (Å²) < 4.78 is 12.4. The van der Waals surface area contributed by atoms with Crippen LogP contribution in [0.4, 0.5) is 0 Å². The molecule has 1 heterocycles. The lowest BCUT2D eigenvalue weighted by molar-refractivity contribution is -0.233. The maximum absolute atomic E-state index is 6.53. The lowest BCUT2D eigenvalue weighted by Crippen LogP contribution is -2.34. The first-order chi connectivity index (χ1) is 10.2. The maximum Gasteiger partial charge on any atom is 0.167 e. The molecule has 1 saturated heterocycles. The second-order valence-electron chi connectivity index (χ2n) is 5.73. The molecule has 2 heteroatoms. The molecule has 0 bridgehead atoms. The van der Waals surface area contributed by atoms with Gasteiger partial charge in [0.15, 0.2) is 5.79 Å². The van der Waals surface area contributed by atoms with Gasteiger partial charge in [-0.15, -0.1) is 0 Å². The Bertz CT molecular complexity index is 540. The minimum atomic E-state index is -0.513. The van der Waals surface area contributed by atoms with Gasteiger partial charge in [-0.1, -0.05) is 60.7 Å². The zero-order chi connectivity index (χ0) is 14.8. The number of benzene rings is 2. The normalized spacial score (nSPS) is 24.1.